The van der Waals surface area contributed by atoms with Crippen molar-refractivity contribution in [2.75, 3.05) is 59.5 Å². The average molecular weight is 282 g/mol. The van der Waals surface area contributed by atoms with Gasteiger partial charge in [-0.05, 0) is 6.42 Å². The first-order valence-electron chi connectivity index (χ1n) is 6.46. The highest BCUT2D eigenvalue weighted by atomic mass is 17.1. The van der Waals surface area contributed by atoms with Crippen molar-refractivity contribution in [2.24, 2.45) is 5.41 Å². The number of hydrogen-bond acceptors (Lipinski definition) is 7. The van der Waals surface area contributed by atoms with Crippen LogP contribution in [-0.4, -0.2) is 74.9 Å². The van der Waals surface area contributed by atoms with Gasteiger partial charge in [0.05, 0.1) is 52.9 Å². The summed E-state index contributed by atoms with van der Waals surface area (Å²) in [6.07, 6.45) is 0.768. The summed E-state index contributed by atoms with van der Waals surface area (Å²) in [6.45, 7) is 4.04. The molecule has 0 aliphatic rings. The topological polar surface area (TPSA) is 97.6 Å². The van der Waals surface area contributed by atoms with E-state index in [1.807, 2.05) is 6.92 Å². The molecule has 0 radical (unpaired) electrons. The van der Waals surface area contributed by atoms with Crippen LogP contribution in [0.1, 0.15) is 13.3 Å². The van der Waals surface area contributed by atoms with Gasteiger partial charge in [-0.1, -0.05) is 6.92 Å². The normalized spacial score (nSPS) is 12.0. The van der Waals surface area contributed by atoms with Crippen molar-refractivity contribution in [3.63, 3.8) is 0 Å². The molecule has 0 aromatic heterocycles. The Bertz CT molecular complexity index is 179. The van der Waals surface area contributed by atoms with Gasteiger partial charge in [0, 0.05) is 5.41 Å². The van der Waals surface area contributed by atoms with Gasteiger partial charge in [-0.3, -0.25) is 5.26 Å². The monoisotopic (exact) mass is 282 g/mol. The van der Waals surface area contributed by atoms with Crippen molar-refractivity contribution in [1.82, 2.24) is 0 Å². The number of hydrogen-bond donors (Lipinski definition) is 3. The molecule has 0 saturated carbocycles. The van der Waals surface area contributed by atoms with Gasteiger partial charge < -0.3 is 24.4 Å². The summed E-state index contributed by atoms with van der Waals surface area (Å²) in [4.78, 5) is 3.93. The molecular weight excluding hydrogens is 256 g/mol. The lowest BCUT2D eigenvalue weighted by molar-refractivity contribution is -0.250. The van der Waals surface area contributed by atoms with Crippen LogP contribution in [0.25, 0.3) is 0 Å². The Balaban J connectivity index is 4.20. The third-order valence-corrected chi connectivity index (χ3v) is 2.76. The van der Waals surface area contributed by atoms with Crippen LogP contribution in [0.4, 0.5) is 0 Å². The Morgan fingerprint density at radius 3 is 1.63 bits per heavy atom. The molecule has 0 fully saturated rings. The van der Waals surface area contributed by atoms with Crippen LogP contribution >= 0.6 is 0 Å². The fourth-order valence-corrected chi connectivity index (χ4v) is 1.52. The highest BCUT2D eigenvalue weighted by molar-refractivity contribution is 4.77. The summed E-state index contributed by atoms with van der Waals surface area (Å²) >= 11 is 0. The molecule has 116 valence electrons. The predicted molar refractivity (Wildman–Crippen MR) is 67.9 cm³/mol. The van der Waals surface area contributed by atoms with E-state index in [2.05, 4.69) is 4.89 Å². The number of rotatable bonds is 14. The molecule has 0 aromatic carbocycles. The van der Waals surface area contributed by atoms with Gasteiger partial charge in [0.2, 0.25) is 0 Å². The molecule has 3 N–H and O–H groups in total. The number of ether oxygens (including phenoxy) is 3. The van der Waals surface area contributed by atoms with Crippen LogP contribution in [0, 0.1) is 5.41 Å². The van der Waals surface area contributed by atoms with E-state index in [0.29, 0.717) is 19.8 Å². The van der Waals surface area contributed by atoms with Crippen LogP contribution < -0.4 is 0 Å². The zero-order valence-corrected chi connectivity index (χ0v) is 11.5. The van der Waals surface area contributed by atoms with E-state index in [-0.39, 0.29) is 45.1 Å². The lowest BCUT2D eigenvalue weighted by Gasteiger charge is -2.32. The van der Waals surface area contributed by atoms with Gasteiger partial charge in [-0.15, -0.1) is 0 Å². The van der Waals surface area contributed by atoms with Crippen molar-refractivity contribution < 1.29 is 34.6 Å². The molecule has 0 heterocycles. The predicted octanol–water partition coefficient (Wildman–Crippen LogP) is -0.0932. The van der Waals surface area contributed by atoms with Gasteiger partial charge in [-0.25, -0.2) is 4.89 Å². The van der Waals surface area contributed by atoms with Crippen molar-refractivity contribution in [3.8, 4) is 0 Å². The summed E-state index contributed by atoms with van der Waals surface area (Å²) in [7, 11) is 0. The molecule has 0 unspecified atom stereocenters. The largest absolute Gasteiger partial charge is 0.394 e. The zero-order valence-electron chi connectivity index (χ0n) is 11.5. The third kappa shape index (κ3) is 9.28. The molecule has 7 nitrogen and oxygen atoms in total. The minimum atomic E-state index is -0.334. The van der Waals surface area contributed by atoms with E-state index in [4.69, 9.17) is 29.7 Å². The second-order valence-electron chi connectivity index (χ2n) is 4.29. The maximum Gasteiger partial charge on any atom is 0.105 e. The Hall–Kier alpha value is -0.280. The second kappa shape index (κ2) is 12.7. The molecule has 7 heteroatoms. The Kier molecular flexibility index (Phi) is 12.6. The summed E-state index contributed by atoms with van der Waals surface area (Å²) in [5.74, 6) is 0. The number of aliphatic hydroxyl groups is 2. The molecule has 0 amide bonds. The molecule has 0 aliphatic heterocycles. The van der Waals surface area contributed by atoms with Crippen molar-refractivity contribution in [1.29, 1.82) is 0 Å². The molecule has 0 aromatic rings. The third-order valence-electron chi connectivity index (χ3n) is 2.76. The van der Waals surface area contributed by atoms with E-state index in [0.717, 1.165) is 6.42 Å². The summed E-state index contributed by atoms with van der Waals surface area (Å²) in [5.41, 5.74) is -0.334. The van der Waals surface area contributed by atoms with Crippen molar-refractivity contribution in [3.05, 3.63) is 0 Å². The fraction of sp³-hybridized carbons (Fsp3) is 1.00. The maximum atomic E-state index is 8.73. The molecule has 0 atom stereocenters. The van der Waals surface area contributed by atoms with Crippen LogP contribution in [0.5, 0.6) is 0 Å². The first-order chi connectivity index (χ1) is 9.24. The van der Waals surface area contributed by atoms with E-state index < -0.39 is 0 Å². The van der Waals surface area contributed by atoms with Crippen molar-refractivity contribution >= 4 is 0 Å². The average Bonchev–Trinajstić information content (AvgIpc) is 2.43. The molecule has 0 aliphatic carbocycles. The molecule has 0 rings (SSSR count). The van der Waals surface area contributed by atoms with E-state index in [9.17, 15) is 0 Å². The summed E-state index contributed by atoms with van der Waals surface area (Å²) < 4.78 is 16.2. The molecular formula is C12H26O7. The van der Waals surface area contributed by atoms with Gasteiger partial charge >= 0.3 is 0 Å². The van der Waals surface area contributed by atoms with Crippen LogP contribution in [0.15, 0.2) is 0 Å². The molecule has 0 spiro atoms. The molecule has 19 heavy (non-hydrogen) atoms. The van der Waals surface area contributed by atoms with Crippen LogP contribution in [-0.2, 0) is 19.1 Å². The fourth-order valence-electron chi connectivity index (χ4n) is 1.52. The van der Waals surface area contributed by atoms with Gasteiger partial charge in [0.1, 0.15) is 6.61 Å². The second-order valence-corrected chi connectivity index (χ2v) is 4.29. The van der Waals surface area contributed by atoms with E-state index in [1.165, 1.54) is 0 Å². The van der Waals surface area contributed by atoms with E-state index >= 15 is 0 Å². The van der Waals surface area contributed by atoms with Gasteiger partial charge in [0.15, 0.2) is 0 Å². The smallest absolute Gasteiger partial charge is 0.105 e. The molecule has 0 saturated heterocycles. The lowest BCUT2D eigenvalue weighted by Crippen LogP contribution is -2.37. The first kappa shape index (κ1) is 18.7. The number of aliphatic hydroxyl groups excluding tert-OH is 2. The van der Waals surface area contributed by atoms with Crippen LogP contribution in [0.3, 0.4) is 0 Å². The highest BCUT2D eigenvalue weighted by Crippen LogP contribution is 2.24. The molecule has 0 bridgehead atoms. The van der Waals surface area contributed by atoms with E-state index in [1.54, 1.807) is 0 Å². The van der Waals surface area contributed by atoms with Gasteiger partial charge in [-0.2, -0.15) is 0 Å². The standard InChI is InChI=1S/C12H26O7/c1-2-12(9-16-5-3-13,10-17-6-4-14)11-18-7-8-19-15/h13-15H,2-11H2,1H3. The Morgan fingerprint density at radius 2 is 1.26 bits per heavy atom. The maximum absolute atomic E-state index is 8.73. The zero-order chi connectivity index (χ0) is 14.4. The van der Waals surface area contributed by atoms with Crippen molar-refractivity contribution in [2.45, 2.75) is 13.3 Å². The SMILES string of the molecule is CCC(COCCO)(COCCO)COCCOO. The quantitative estimate of drug-likeness (QED) is 0.233. The summed E-state index contributed by atoms with van der Waals surface area (Å²) in [5, 5.41) is 25.7. The minimum absolute atomic E-state index is 0.0312. The minimum Gasteiger partial charge on any atom is -0.394 e. The first-order valence-corrected chi connectivity index (χ1v) is 6.46. The van der Waals surface area contributed by atoms with Crippen LogP contribution in [0.2, 0.25) is 0 Å². The Morgan fingerprint density at radius 1 is 0.789 bits per heavy atom. The highest BCUT2D eigenvalue weighted by Gasteiger charge is 2.29. The lowest BCUT2D eigenvalue weighted by atomic mass is 9.88. The van der Waals surface area contributed by atoms with Gasteiger partial charge in [0.25, 0.3) is 0 Å². The Labute approximate surface area is 114 Å². The summed E-state index contributed by atoms with van der Waals surface area (Å²) in [6, 6.07) is 0.